The predicted octanol–water partition coefficient (Wildman–Crippen LogP) is 2.83. The Morgan fingerprint density at radius 3 is 2.73 bits per heavy atom. The van der Waals surface area contributed by atoms with Crippen LogP contribution >= 0.6 is 23.1 Å². The standard InChI is InChI=1S/C18H20N2O4S2/c1-2-24-14-5-3-12(4-6-14)16-19-13(10-26-16)9-15(21)20-18(17(22)23)7-8-25-11-18/h3-6,10H,2,7-9,11H2,1H3,(H,20,21)(H,22,23). The first kappa shape index (κ1) is 18.7. The molecular formula is C18H20N2O4S2. The molecule has 1 aliphatic rings. The van der Waals surface area contributed by atoms with Crippen molar-refractivity contribution in [3.05, 3.63) is 35.3 Å². The fourth-order valence-electron chi connectivity index (χ4n) is 2.74. The number of aliphatic carboxylic acids is 1. The van der Waals surface area contributed by atoms with E-state index in [1.165, 1.54) is 11.3 Å². The van der Waals surface area contributed by atoms with Crippen LogP contribution in [0, 0.1) is 0 Å². The van der Waals surface area contributed by atoms with E-state index in [-0.39, 0.29) is 12.3 Å². The highest BCUT2D eigenvalue weighted by atomic mass is 32.2. The Bertz CT molecular complexity index is 783. The van der Waals surface area contributed by atoms with Crippen molar-refractivity contribution in [3.63, 3.8) is 0 Å². The van der Waals surface area contributed by atoms with Gasteiger partial charge in [-0.15, -0.1) is 11.3 Å². The van der Waals surface area contributed by atoms with Crippen LogP contribution in [0.2, 0.25) is 0 Å². The number of carbonyl (C=O) groups is 2. The van der Waals surface area contributed by atoms with E-state index in [0.29, 0.717) is 24.5 Å². The van der Waals surface area contributed by atoms with Crippen LogP contribution in [0.5, 0.6) is 5.75 Å². The first-order valence-electron chi connectivity index (χ1n) is 8.32. The summed E-state index contributed by atoms with van der Waals surface area (Å²) in [6.07, 6.45) is 0.528. The van der Waals surface area contributed by atoms with Crippen LogP contribution in [0.1, 0.15) is 19.0 Å². The second-order valence-electron chi connectivity index (χ2n) is 6.02. The van der Waals surface area contributed by atoms with Crippen molar-refractivity contribution in [1.29, 1.82) is 0 Å². The Kier molecular flexibility index (Phi) is 5.83. The number of aromatic nitrogens is 1. The smallest absolute Gasteiger partial charge is 0.330 e. The molecule has 0 saturated carbocycles. The van der Waals surface area contributed by atoms with Crippen molar-refractivity contribution >= 4 is 35.0 Å². The highest BCUT2D eigenvalue weighted by molar-refractivity contribution is 7.99. The lowest BCUT2D eigenvalue weighted by atomic mass is 9.99. The van der Waals surface area contributed by atoms with E-state index in [4.69, 9.17) is 4.74 Å². The van der Waals surface area contributed by atoms with Gasteiger partial charge in [0.15, 0.2) is 0 Å². The van der Waals surface area contributed by atoms with Crippen LogP contribution in [0.15, 0.2) is 29.6 Å². The SMILES string of the molecule is CCOc1ccc(-c2nc(CC(=O)NC3(C(=O)O)CCSC3)cs2)cc1. The third kappa shape index (κ3) is 4.19. The summed E-state index contributed by atoms with van der Waals surface area (Å²) < 4.78 is 5.43. The van der Waals surface area contributed by atoms with Gasteiger partial charge in [0.25, 0.3) is 0 Å². The number of ether oxygens (including phenoxy) is 1. The van der Waals surface area contributed by atoms with E-state index in [9.17, 15) is 14.7 Å². The average Bonchev–Trinajstić information content (AvgIpc) is 3.26. The number of rotatable bonds is 7. The topological polar surface area (TPSA) is 88.5 Å². The second kappa shape index (κ2) is 8.09. The van der Waals surface area contributed by atoms with E-state index in [1.807, 2.05) is 36.6 Å². The monoisotopic (exact) mass is 392 g/mol. The summed E-state index contributed by atoms with van der Waals surface area (Å²) >= 11 is 3.00. The zero-order valence-electron chi connectivity index (χ0n) is 14.4. The summed E-state index contributed by atoms with van der Waals surface area (Å²) in [6, 6.07) is 7.65. The molecule has 1 aromatic heterocycles. The van der Waals surface area contributed by atoms with Gasteiger partial charge >= 0.3 is 5.97 Å². The summed E-state index contributed by atoms with van der Waals surface area (Å²) in [4.78, 5) is 28.3. The molecule has 1 saturated heterocycles. The Morgan fingerprint density at radius 2 is 2.12 bits per heavy atom. The molecule has 6 nitrogen and oxygen atoms in total. The van der Waals surface area contributed by atoms with Gasteiger partial charge in [0, 0.05) is 16.7 Å². The normalized spacial score (nSPS) is 19.3. The van der Waals surface area contributed by atoms with Crippen molar-refractivity contribution in [2.24, 2.45) is 0 Å². The van der Waals surface area contributed by atoms with Gasteiger partial charge in [-0.05, 0) is 43.4 Å². The van der Waals surface area contributed by atoms with Crippen LogP contribution in [0.4, 0.5) is 0 Å². The van der Waals surface area contributed by atoms with Gasteiger partial charge in [-0.1, -0.05) is 0 Å². The molecule has 0 radical (unpaired) electrons. The fraction of sp³-hybridized carbons (Fsp3) is 0.389. The first-order chi connectivity index (χ1) is 12.5. The molecule has 1 atom stereocenters. The number of thiazole rings is 1. The highest BCUT2D eigenvalue weighted by Crippen LogP contribution is 2.29. The number of carbonyl (C=O) groups excluding carboxylic acids is 1. The van der Waals surface area contributed by atoms with Crippen LogP contribution < -0.4 is 10.1 Å². The van der Waals surface area contributed by atoms with Gasteiger partial charge in [0.2, 0.25) is 5.91 Å². The minimum absolute atomic E-state index is 0.0766. The van der Waals surface area contributed by atoms with E-state index in [1.54, 1.807) is 11.8 Å². The summed E-state index contributed by atoms with van der Waals surface area (Å²) in [6.45, 7) is 2.55. The molecule has 2 N–H and O–H groups in total. The maximum atomic E-state index is 12.3. The molecule has 1 amide bonds. The van der Waals surface area contributed by atoms with Crippen LogP contribution in [-0.2, 0) is 16.0 Å². The molecule has 26 heavy (non-hydrogen) atoms. The Hall–Kier alpha value is -2.06. The molecule has 0 spiro atoms. The minimum atomic E-state index is -1.14. The van der Waals surface area contributed by atoms with E-state index in [0.717, 1.165) is 22.1 Å². The Morgan fingerprint density at radius 1 is 1.35 bits per heavy atom. The summed E-state index contributed by atoms with van der Waals surface area (Å²) in [5, 5.41) is 14.8. The number of hydrogen-bond donors (Lipinski definition) is 2. The molecule has 1 unspecified atom stereocenters. The minimum Gasteiger partial charge on any atom is -0.494 e. The number of thioether (sulfide) groups is 1. The Labute approximate surface area is 160 Å². The van der Waals surface area contributed by atoms with Crippen LogP contribution in [0.25, 0.3) is 10.6 Å². The average molecular weight is 393 g/mol. The number of carboxylic acids is 1. The van der Waals surface area contributed by atoms with Crippen molar-refractivity contribution in [3.8, 4) is 16.3 Å². The van der Waals surface area contributed by atoms with Crippen LogP contribution in [0.3, 0.4) is 0 Å². The molecule has 0 aliphatic carbocycles. The lowest BCUT2D eigenvalue weighted by molar-refractivity contribution is -0.146. The molecule has 1 aromatic carbocycles. The lowest BCUT2D eigenvalue weighted by Crippen LogP contribution is -2.55. The summed E-state index contributed by atoms with van der Waals surface area (Å²) in [5.41, 5.74) is 0.456. The quantitative estimate of drug-likeness (QED) is 0.753. The van der Waals surface area contributed by atoms with Crippen molar-refractivity contribution < 1.29 is 19.4 Å². The maximum absolute atomic E-state index is 12.3. The molecule has 2 aromatic rings. The third-order valence-corrected chi connectivity index (χ3v) is 6.25. The number of nitrogens with zero attached hydrogens (tertiary/aromatic N) is 1. The van der Waals surface area contributed by atoms with Crippen molar-refractivity contribution in [1.82, 2.24) is 10.3 Å². The summed E-state index contributed by atoms with van der Waals surface area (Å²) in [5.74, 6) is 0.678. The zero-order valence-corrected chi connectivity index (χ0v) is 16.0. The van der Waals surface area contributed by atoms with E-state index >= 15 is 0 Å². The van der Waals surface area contributed by atoms with Crippen molar-refractivity contribution in [2.45, 2.75) is 25.3 Å². The second-order valence-corrected chi connectivity index (χ2v) is 7.98. The summed E-state index contributed by atoms with van der Waals surface area (Å²) in [7, 11) is 0. The van der Waals surface area contributed by atoms with Crippen LogP contribution in [-0.4, -0.2) is 45.6 Å². The van der Waals surface area contributed by atoms with Crippen molar-refractivity contribution in [2.75, 3.05) is 18.1 Å². The molecular weight excluding hydrogens is 372 g/mol. The van der Waals surface area contributed by atoms with Gasteiger partial charge in [-0.25, -0.2) is 9.78 Å². The molecule has 1 fully saturated rings. The van der Waals surface area contributed by atoms with Gasteiger partial charge < -0.3 is 15.2 Å². The highest BCUT2D eigenvalue weighted by Gasteiger charge is 2.43. The number of hydrogen-bond acceptors (Lipinski definition) is 6. The number of amides is 1. The first-order valence-corrected chi connectivity index (χ1v) is 10.4. The molecule has 1 aliphatic heterocycles. The van der Waals surface area contributed by atoms with Gasteiger partial charge in [0.05, 0.1) is 18.7 Å². The number of nitrogens with one attached hydrogen (secondary N) is 1. The van der Waals surface area contributed by atoms with E-state index < -0.39 is 11.5 Å². The lowest BCUT2D eigenvalue weighted by Gasteiger charge is -2.24. The largest absolute Gasteiger partial charge is 0.494 e. The van der Waals surface area contributed by atoms with Gasteiger partial charge in [-0.2, -0.15) is 11.8 Å². The predicted molar refractivity (Wildman–Crippen MR) is 103 cm³/mol. The van der Waals surface area contributed by atoms with Gasteiger partial charge in [-0.3, -0.25) is 4.79 Å². The molecule has 8 heteroatoms. The zero-order chi connectivity index (χ0) is 18.6. The fourth-order valence-corrected chi connectivity index (χ4v) is 4.89. The number of benzene rings is 1. The number of carboxylic acid groups (broad SMARTS) is 1. The molecule has 0 bridgehead atoms. The molecule has 3 rings (SSSR count). The third-order valence-electron chi connectivity index (χ3n) is 4.12. The Balaban J connectivity index is 1.64. The molecule has 138 valence electrons. The van der Waals surface area contributed by atoms with E-state index in [2.05, 4.69) is 10.3 Å². The maximum Gasteiger partial charge on any atom is 0.330 e. The molecule has 2 heterocycles. The van der Waals surface area contributed by atoms with Gasteiger partial charge in [0.1, 0.15) is 16.3 Å².